The van der Waals surface area contributed by atoms with Crippen LogP contribution in [0.25, 0.3) is 5.82 Å². The maximum Gasteiger partial charge on any atom is 0.455 e. The van der Waals surface area contributed by atoms with Crippen molar-refractivity contribution < 1.29 is 22.8 Å². The Morgan fingerprint density at radius 3 is 2.46 bits per heavy atom. The monoisotopic (exact) mass is 573 g/mol. The Hall–Kier alpha value is -3.75. The summed E-state index contributed by atoms with van der Waals surface area (Å²) in [5, 5.41) is 19.1. The first kappa shape index (κ1) is 26.3. The van der Waals surface area contributed by atoms with E-state index in [1.165, 1.54) is 37.5 Å². The zero-order chi connectivity index (χ0) is 26.9. The number of nitrogens with zero attached hydrogens (tertiary/aromatic N) is 7. The topological polar surface area (TPSA) is 133 Å². The van der Waals surface area contributed by atoms with Gasteiger partial charge in [0.15, 0.2) is 5.82 Å². The van der Waals surface area contributed by atoms with Gasteiger partial charge in [-0.3, -0.25) is 9.59 Å². The highest BCUT2D eigenvalue weighted by atomic mass is 35.5. The number of pyridine rings is 1. The van der Waals surface area contributed by atoms with Crippen molar-refractivity contribution in [1.82, 2.24) is 40.3 Å². The Balaban J connectivity index is 1.75. The number of carbonyl (C=O) groups excluding carboxylic acids is 2. The highest BCUT2D eigenvalue weighted by Gasteiger charge is 2.37. The second-order valence-corrected chi connectivity index (χ2v) is 8.48. The molecule has 11 nitrogen and oxygen atoms in total. The third kappa shape index (κ3) is 5.65. The van der Waals surface area contributed by atoms with Crippen molar-refractivity contribution in [1.29, 1.82) is 0 Å². The van der Waals surface area contributed by atoms with Gasteiger partial charge >= 0.3 is 6.18 Å². The second kappa shape index (κ2) is 10.3. The normalized spacial score (nSPS) is 11.4. The summed E-state index contributed by atoms with van der Waals surface area (Å²) in [4.78, 5) is 30.5. The van der Waals surface area contributed by atoms with Gasteiger partial charge in [-0.25, -0.2) is 9.67 Å². The van der Waals surface area contributed by atoms with Gasteiger partial charge < -0.3 is 10.6 Å². The van der Waals surface area contributed by atoms with Crippen LogP contribution >= 0.6 is 34.8 Å². The quantitative estimate of drug-likeness (QED) is 0.357. The van der Waals surface area contributed by atoms with Crippen LogP contribution in [0.15, 0.2) is 36.5 Å². The summed E-state index contributed by atoms with van der Waals surface area (Å²) in [6.07, 6.45) is -3.39. The van der Waals surface area contributed by atoms with E-state index in [0.29, 0.717) is 4.80 Å². The van der Waals surface area contributed by atoms with Gasteiger partial charge in [0.05, 0.1) is 27.0 Å². The molecule has 0 atom stereocenters. The smallest absolute Gasteiger partial charge is 0.355 e. The first-order valence-electron chi connectivity index (χ1n) is 10.0. The lowest BCUT2D eigenvalue weighted by Crippen LogP contribution is -2.23. The number of hydrogen-bond donors (Lipinski definition) is 2. The Kier molecular flexibility index (Phi) is 7.34. The van der Waals surface area contributed by atoms with E-state index in [1.807, 2.05) is 0 Å². The Labute approximate surface area is 220 Å². The maximum atomic E-state index is 13.4. The van der Waals surface area contributed by atoms with Crippen molar-refractivity contribution in [3.63, 3.8) is 0 Å². The Bertz CT molecular complexity index is 1500. The number of anilines is 1. The van der Waals surface area contributed by atoms with Gasteiger partial charge in [-0.2, -0.15) is 23.1 Å². The lowest BCUT2D eigenvalue weighted by Gasteiger charge is -2.13. The summed E-state index contributed by atoms with van der Waals surface area (Å²) in [7, 11) is 1.38. The lowest BCUT2D eigenvalue weighted by molar-refractivity contribution is -0.145. The summed E-state index contributed by atoms with van der Waals surface area (Å²) >= 11 is 18.5. The summed E-state index contributed by atoms with van der Waals surface area (Å²) in [5.41, 5.74) is -0.112. The molecule has 0 unspecified atom stereocenters. The molecule has 0 saturated carbocycles. The van der Waals surface area contributed by atoms with Crippen LogP contribution < -0.4 is 10.6 Å². The Morgan fingerprint density at radius 1 is 1.05 bits per heavy atom. The van der Waals surface area contributed by atoms with Crippen molar-refractivity contribution >= 4 is 52.3 Å². The Morgan fingerprint density at radius 2 is 1.81 bits per heavy atom. The number of halogens is 6. The fourth-order valence-electron chi connectivity index (χ4n) is 3.12. The second-order valence-electron chi connectivity index (χ2n) is 7.23. The molecule has 4 rings (SSSR count). The van der Waals surface area contributed by atoms with Crippen LogP contribution in [0.5, 0.6) is 0 Å². The first-order valence-corrected chi connectivity index (χ1v) is 11.2. The van der Waals surface area contributed by atoms with Crippen molar-refractivity contribution in [2.45, 2.75) is 12.7 Å². The largest absolute Gasteiger partial charge is 0.455 e. The van der Waals surface area contributed by atoms with Crippen LogP contribution in [0.3, 0.4) is 0 Å². The molecule has 3 aromatic heterocycles. The molecule has 0 fully saturated rings. The van der Waals surface area contributed by atoms with Crippen molar-refractivity contribution in [3.8, 4) is 5.82 Å². The number of tetrazole rings is 1. The van der Waals surface area contributed by atoms with E-state index in [-0.39, 0.29) is 50.1 Å². The molecule has 17 heteroatoms. The molecule has 0 bridgehead atoms. The molecule has 0 spiro atoms. The predicted molar refractivity (Wildman–Crippen MR) is 126 cm³/mol. The van der Waals surface area contributed by atoms with Crippen LogP contribution in [-0.4, -0.2) is 53.8 Å². The fourth-order valence-corrected chi connectivity index (χ4v) is 3.87. The number of aromatic nitrogens is 7. The number of carbonyl (C=O) groups is 2. The van der Waals surface area contributed by atoms with Gasteiger partial charge in [0.1, 0.15) is 12.2 Å². The van der Waals surface area contributed by atoms with Crippen LogP contribution in [0.1, 0.15) is 32.4 Å². The molecule has 0 aliphatic carbocycles. The maximum absolute atomic E-state index is 13.4. The molecule has 4 aromatic rings. The number of rotatable bonds is 6. The minimum absolute atomic E-state index is 0.0120. The molecule has 0 aliphatic heterocycles. The third-order valence-corrected chi connectivity index (χ3v) is 5.52. The number of hydrogen-bond acceptors (Lipinski definition) is 7. The zero-order valence-corrected chi connectivity index (χ0v) is 20.7. The van der Waals surface area contributed by atoms with Crippen molar-refractivity contribution in [3.05, 3.63) is 74.4 Å². The lowest BCUT2D eigenvalue weighted by atomic mass is 10.1. The fraction of sp³-hybridized carbons (Fsp3) is 0.150. The van der Waals surface area contributed by atoms with Crippen molar-refractivity contribution in [2.75, 3.05) is 12.4 Å². The van der Waals surface area contributed by atoms with Gasteiger partial charge in [0.2, 0.25) is 0 Å². The van der Waals surface area contributed by atoms with Gasteiger partial charge in [0, 0.05) is 18.3 Å². The zero-order valence-electron chi connectivity index (χ0n) is 18.4. The summed E-state index contributed by atoms with van der Waals surface area (Å²) in [5.74, 6) is -2.75. The minimum Gasteiger partial charge on any atom is -0.355 e. The highest BCUT2D eigenvalue weighted by Crippen LogP contribution is 2.31. The standard InChI is InChI=1S/C20H13Cl3F3N9O2/c1-27-17(36)11-5-9(21)6-13(23)15(11)29-18(37)14-7-10(8-34-32-19(30-33-34)20(24,25)26)31-35(14)16-12(22)3-2-4-28-16/h2-7H,8H2,1H3,(H,27,36)(H,29,37). The van der Waals surface area contributed by atoms with E-state index in [1.54, 1.807) is 6.07 Å². The van der Waals surface area contributed by atoms with Crippen LogP contribution in [0.4, 0.5) is 18.9 Å². The van der Waals surface area contributed by atoms with E-state index in [0.717, 1.165) is 4.68 Å². The molecule has 0 aliphatic rings. The molecule has 1 aromatic carbocycles. The van der Waals surface area contributed by atoms with Crippen LogP contribution in [0, 0.1) is 0 Å². The summed E-state index contributed by atoms with van der Waals surface area (Å²) in [6, 6.07) is 6.96. The van der Waals surface area contributed by atoms with E-state index >= 15 is 0 Å². The number of benzene rings is 1. The molecule has 0 saturated heterocycles. The summed E-state index contributed by atoms with van der Waals surface area (Å²) < 4.78 is 39.6. The number of alkyl halides is 3. The molecule has 0 radical (unpaired) electrons. The van der Waals surface area contributed by atoms with Gasteiger partial charge in [0.25, 0.3) is 17.6 Å². The SMILES string of the molecule is CNC(=O)c1cc(Cl)cc(Cl)c1NC(=O)c1cc(Cn2nnc(C(F)(F)F)n2)nn1-c1ncccc1Cl. The molecule has 37 heavy (non-hydrogen) atoms. The number of nitrogens with one attached hydrogen (secondary N) is 2. The summed E-state index contributed by atoms with van der Waals surface area (Å²) in [6.45, 7) is -0.369. The predicted octanol–water partition coefficient (Wildman–Crippen LogP) is 3.89. The average Bonchev–Trinajstić information content (AvgIpc) is 3.48. The van der Waals surface area contributed by atoms with E-state index in [9.17, 15) is 22.8 Å². The van der Waals surface area contributed by atoms with Gasteiger partial charge in [-0.1, -0.05) is 34.8 Å². The molecule has 2 amide bonds. The molecule has 2 N–H and O–H groups in total. The van der Waals surface area contributed by atoms with Gasteiger partial charge in [-0.15, -0.1) is 10.2 Å². The molecular formula is C20H13Cl3F3N9O2. The highest BCUT2D eigenvalue weighted by molar-refractivity contribution is 6.38. The minimum atomic E-state index is -4.79. The van der Waals surface area contributed by atoms with Gasteiger partial charge in [-0.05, 0) is 35.5 Å². The van der Waals surface area contributed by atoms with Crippen LogP contribution in [-0.2, 0) is 12.7 Å². The van der Waals surface area contributed by atoms with E-state index in [2.05, 4.69) is 36.1 Å². The average molecular weight is 575 g/mol. The third-order valence-electron chi connectivity index (χ3n) is 4.71. The van der Waals surface area contributed by atoms with Crippen LogP contribution in [0.2, 0.25) is 15.1 Å². The van der Waals surface area contributed by atoms with E-state index in [4.69, 9.17) is 34.8 Å². The van der Waals surface area contributed by atoms with Crippen molar-refractivity contribution in [2.24, 2.45) is 0 Å². The molecule has 3 heterocycles. The van der Waals surface area contributed by atoms with E-state index < -0.39 is 23.8 Å². The molecule has 192 valence electrons. The first-order chi connectivity index (χ1) is 17.5. The molecular weight excluding hydrogens is 562 g/mol. The number of amides is 2.